The van der Waals surface area contributed by atoms with Crippen molar-refractivity contribution in [2.75, 3.05) is 6.61 Å². The van der Waals surface area contributed by atoms with Crippen LogP contribution in [0, 0.1) is 0 Å². The second-order valence-corrected chi connectivity index (χ2v) is 6.99. The number of carbonyl (C=O) groups is 2. The second kappa shape index (κ2) is 7.89. The van der Waals surface area contributed by atoms with E-state index in [0.717, 1.165) is 5.56 Å². The van der Waals surface area contributed by atoms with Crippen LogP contribution in [-0.2, 0) is 10.3 Å². The van der Waals surface area contributed by atoms with Crippen LogP contribution >= 0.6 is 23.2 Å². The van der Waals surface area contributed by atoms with Crippen molar-refractivity contribution in [1.29, 1.82) is 0 Å². The molecule has 0 fully saturated rings. The molecule has 132 valence electrons. The van der Waals surface area contributed by atoms with Gasteiger partial charge in [-0.1, -0.05) is 41.4 Å². The van der Waals surface area contributed by atoms with Crippen molar-refractivity contribution in [2.45, 2.75) is 26.3 Å². The van der Waals surface area contributed by atoms with Crippen molar-refractivity contribution >= 4 is 34.9 Å². The highest BCUT2D eigenvalue weighted by Crippen LogP contribution is 2.28. The molecule has 0 bridgehead atoms. The lowest BCUT2D eigenvalue weighted by Gasteiger charge is -2.27. The molecule has 0 heterocycles. The van der Waals surface area contributed by atoms with Gasteiger partial charge in [-0.3, -0.25) is 9.59 Å². The molecule has 0 saturated heterocycles. The minimum Gasteiger partial charge on any atom is -0.484 e. The molecule has 0 aromatic heterocycles. The number of benzene rings is 2. The number of hydrogen-bond donors (Lipinski definition) is 1. The van der Waals surface area contributed by atoms with Crippen LogP contribution in [0.1, 0.15) is 36.7 Å². The highest BCUT2D eigenvalue weighted by molar-refractivity contribution is 6.42. The molecule has 0 radical (unpaired) electrons. The third-order valence-corrected chi connectivity index (χ3v) is 4.44. The van der Waals surface area contributed by atoms with Crippen LogP contribution in [0.4, 0.5) is 0 Å². The van der Waals surface area contributed by atoms with Crippen molar-refractivity contribution in [1.82, 2.24) is 5.32 Å². The molecule has 1 amide bonds. The number of carbonyl (C=O) groups excluding carboxylic acids is 2. The van der Waals surface area contributed by atoms with E-state index in [1.165, 1.54) is 6.92 Å². The minimum atomic E-state index is -0.643. The standard InChI is InChI=1S/C19H19Cl2NO3/c1-12(23)13-5-4-6-15(9-13)25-11-18(24)22-19(2,3)14-7-8-16(20)17(21)10-14/h4-10H,11H2,1-3H3,(H,22,24). The Morgan fingerprint density at radius 3 is 2.44 bits per heavy atom. The molecule has 1 N–H and O–H groups in total. The van der Waals surface area contributed by atoms with Crippen molar-refractivity contribution in [3.63, 3.8) is 0 Å². The predicted octanol–water partition coefficient (Wildman–Crippen LogP) is 4.63. The summed E-state index contributed by atoms with van der Waals surface area (Å²) in [7, 11) is 0. The number of ketones is 1. The van der Waals surface area contributed by atoms with E-state index in [1.54, 1.807) is 36.4 Å². The fourth-order valence-electron chi connectivity index (χ4n) is 2.30. The van der Waals surface area contributed by atoms with Gasteiger partial charge in [-0.05, 0) is 50.6 Å². The zero-order valence-corrected chi connectivity index (χ0v) is 15.7. The van der Waals surface area contributed by atoms with Gasteiger partial charge in [0.05, 0.1) is 15.6 Å². The van der Waals surface area contributed by atoms with Gasteiger partial charge in [0.1, 0.15) is 5.75 Å². The van der Waals surface area contributed by atoms with Crippen LogP contribution in [0.5, 0.6) is 5.75 Å². The highest BCUT2D eigenvalue weighted by Gasteiger charge is 2.23. The van der Waals surface area contributed by atoms with E-state index in [-0.39, 0.29) is 18.3 Å². The van der Waals surface area contributed by atoms with Crippen LogP contribution in [0.25, 0.3) is 0 Å². The molecule has 6 heteroatoms. The van der Waals surface area contributed by atoms with Crippen LogP contribution in [-0.4, -0.2) is 18.3 Å². The third-order valence-electron chi connectivity index (χ3n) is 3.70. The summed E-state index contributed by atoms with van der Waals surface area (Å²) >= 11 is 12.0. The predicted molar refractivity (Wildman–Crippen MR) is 99.6 cm³/mol. The highest BCUT2D eigenvalue weighted by atomic mass is 35.5. The van der Waals surface area contributed by atoms with E-state index < -0.39 is 5.54 Å². The number of hydrogen-bond acceptors (Lipinski definition) is 3. The van der Waals surface area contributed by atoms with Gasteiger partial charge in [-0.15, -0.1) is 0 Å². The van der Waals surface area contributed by atoms with E-state index in [0.29, 0.717) is 21.4 Å². The molecule has 0 unspecified atom stereocenters. The first-order valence-corrected chi connectivity index (χ1v) is 8.45. The molecule has 2 rings (SSSR count). The Morgan fingerprint density at radius 2 is 1.80 bits per heavy atom. The van der Waals surface area contributed by atoms with Gasteiger partial charge < -0.3 is 10.1 Å². The van der Waals surface area contributed by atoms with Crippen LogP contribution in [0.3, 0.4) is 0 Å². The molecule has 0 atom stereocenters. The Balaban J connectivity index is 2.00. The fourth-order valence-corrected chi connectivity index (χ4v) is 2.59. The minimum absolute atomic E-state index is 0.0596. The quantitative estimate of drug-likeness (QED) is 0.744. The van der Waals surface area contributed by atoms with Crippen molar-refractivity contribution in [3.8, 4) is 5.75 Å². The fraction of sp³-hybridized carbons (Fsp3) is 0.263. The van der Waals surface area contributed by atoms with Gasteiger partial charge >= 0.3 is 0 Å². The van der Waals surface area contributed by atoms with E-state index in [1.807, 2.05) is 19.9 Å². The monoisotopic (exact) mass is 379 g/mol. The summed E-state index contributed by atoms with van der Waals surface area (Å²) in [6, 6.07) is 11.9. The average molecular weight is 380 g/mol. The molecule has 0 saturated carbocycles. The Morgan fingerprint density at radius 1 is 1.08 bits per heavy atom. The Hall–Kier alpha value is -2.04. The Bertz CT molecular complexity index is 803. The van der Waals surface area contributed by atoms with Crippen molar-refractivity contribution in [3.05, 3.63) is 63.6 Å². The van der Waals surface area contributed by atoms with Crippen LogP contribution < -0.4 is 10.1 Å². The molecular formula is C19H19Cl2NO3. The van der Waals surface area contributed by atoms with Crippen LogP contribution in [0.15, 0.2) is 42.5 Å². The molecule has 0 spiro atoms. The van der Waals surface area contributed by atoms with Gasteiger partial charge in [0, 0.05) is 5.56 Å². The summed E-state index contributed by atoms with van der Waals surface area (Å²) in [6.07, 6.45) is 0. The topological polar surface area (TPSA) is 55.4 Å². The number of Topliss-reactive ketones (excluding diaryl/α,β-unsaturated/α-hetero) is 1. The normalized spacial score (nSPS) is 11.1. The van der Waals surface area contributed by atoms with E-state index in [4.69, 9.17) is 27.9 Å². The van der Waals surface area contributed by atoms with E-state index in [9.17, 15) is 9.59 Å². The van der Waals surface area contributed by atoms with Gasteiger partial charge in [0.25, 0.3) is 5.91 Å². The summed E-state index contributed by atoms with van der Waals surface area (Å²) in [5.41, 5.74) is 0.721. The zero-order chi connectivity index (χ0) is 18.6. The third kappa shape index (κ3) is 5.21. The Kier molecular flexibility index (Phi) is 6.09. The number of halogens is 2. The SMILES string of the molecule is CC(=O)c1cccc(OCC(=O)NC(C)(C)c2ccc(Cl)c(Cl)c2)c1. The first kappa shape index (κ1) is 19.3. The maximum absolute atomic E-state index is 12.2. The average Bonchev–Trinajstić information content (AvgIpc) is 2.55. The number of nitrogens with one attached hydrogen (secondary N) is 1. The van der Waals surface area contributed by atoms with Gasteiger partial charge in [-0.25, -0.2) is 0 Å². The maximum Gasteiger partial charge on any atom is 0.258 e. The Labute approximate surface area is 157 Å². The molecule has 4 nitrogen and oxygen atoms in total. The van der Waals surface area contributed by atoms with Crippen molar-refractivity contribution < 1.29 is 14.3 Å². The molecule has 2 aromatic carbocycles. The van der Waals surface area contributed by atoms with Gasteiger partial charge in [-0.2, -0.15) is 0 Å². The lowest BCUT2D eigenvalue weighted by molar-refractivity contribution is -0.124. The molecule has 2 aromatic rings. The van der Waals surface area contributed by atoms with Crippen LogP contribution in [0.2, 0.25) is 10.0 Å². The lowest BCUT2D eigenvalue weighted by Crippen LogP contribution is -2.43. The molecular weight excluding hydrogens is 361 g/mol. The van der Waals surface area contributed by atoms with E-state index >= 15 is 0 Å². The van der Waals surface area contributed by atoms with Crippen molar-refractivity contribution in [2.24, 2.45) is 0 Å². The van der Waals surface area contributed by atoms with Gasteiger partial charge in [0.15, 0.2) is 12.4 Å². The number of amides is 1. The number of ether oxygens (including phenoxy) is 1. The first-order valence-electron chi connectivity index (χ1n) is 7.69. The second-order valence-electron chi connectivity index (χ2n) is 6.17. The summed E-state index contributed by atoms with van der Waals surface area (Å²) in [6.45, 7) is 5.04. The largest absolute Gasteiger partial charge is 0.484 e. The molecule has 25 heavy (non-hydrogen) atoms. The first-order chi connectivity index (χ1) is 11.7. The molecule has 0 aliphatic heterocycles. The summed E-state index contributed by atoms with van der Waals surface area (Å²) in [5.74, 6) is 0.121. The zero-order valence-electron chi connectivity index (χ0n) is 14.2. The molecule has 0 aliphatic carbocycles. The summed E-state index contributed by atoms with van der Waals surface area (Å²) in [5, 5.41) is 3.78. The number of rotatable bonds is 6. The summed E-state index contributed by atoms with van der Waals surface area (Å²) in [4.78, 5) is 23.6. The van der Waals surface area contributed by atoms with E-state index in [2.05, 4.69) is 5.32 Å². The lowest BCUT2D eigenvalue weighted by atomic mass is 9.94. The smallest absolute Gasteiger partial charge is 0.258 e. The maximum atomic E-state index is 12.2. The van der Waals surface area contributed by atoms with Gasteiger partial charge in [0.2, 0.25) is 0 Å². The summed E-state index contributed by atoms with van der Waals surface area (Å²) < 4.78 is 5.47. The molecule has 0 aliphatic rings.